The van der Waals surface area contributed by atoms with Gasteiger partial charge in [-0.3, -0.25) is 9.59 Å². The lowest BCUT2D eigenvalue weighted by Gasteiger charge is -2.09. The Bertz CT molecular complexity index is 747. The SMILES string of the molecule is CCOCc1cccc(NC(=O)c2ccc(F)c(NC(C)=O)c2)c1. The molecule has 0 saturated carbocycles. The molecule has 0 aliphatic heterocycles. The van der Waals surface area contributed by atoms with E-state index in [4.69, 9.17) is 4.74 Å². The van der Waals surface area contributed by atoms with Crippen molar-refractivity contribution in [2.24, 2.45) is 0 Å². The number of hydrogen-bond donors (Lipinski definition) is 2. The normalized spacial score (nSPS) is 10.3. The topological polar surface area (TPSA) is 67.4 Å². The largest absolute Gasteiger partial charge is 0.377 e. The second kappa shape index (κ2) is 8.21. The van der Waals surface area contributed by atoms with Crippen molar-refractivity contribution in [2.45, 2.75) is 20.5 Å². The number of rotatable bonds is 6. The van der Waals surface area contributed by atoms with Crippen molar-refractivity contribution in [3.63, 3.8) is 0 Å². The van der Waals surface area contributed by atoms with Crippen LogP contribution in [0, 0.1) is 5.82 Å². The molecule has 0 atom stereocenters. The molecule has 2 amide bonds. The number of hydrogen-bond acceptors (Lipinski definition) is 3. The van der Waals surface area contributed by atoms with Crippen LogP contribution in [0.5, 0.6) is 0 Å². The Kier molecular flexibility index (Phi) is 6.03. The summed E-state index contributed by atoms with van der Waals surface area (Å²) in [6.07, 6.45) is 0. The number of carbonyl (C=O) groups is 2. The standard InChI is InChI=1S/C18H19FN2O3/c1-3-24-11-13-5-4-6-15(9-13)21-18(23)14-7-8-16(19)17(10-14)20-12(2)22/h4-10H,3,11H2,1-2H3,(H,20,22)(H,21,23). The predicted molar refractivity (Wildman–Crippen MR) is 90.4 cm³/mol. The Morgan fingerprint density at radius 2 is 1.92 bits per heavy atom. The van der Waals surface area contributed by atoms with Gasteiger partial charge in [0.2, 0.25) is 5.91 Å². The average molecular weight is 330 g/mol. The third kappa shape index (κ3) is 4.89. The van der Waals surface area contributed by atoms with Gasteiger partial charge in [0.1, 0.15) is 5.82 Å². The zero-order chi connectivity index (χ0) is 17.5. The smallest absolute Gasteiger partial charge is 0.255 e. The molecule has 0 saturated heterocycles. The first kappa shape index (κ1) is 17.6. The molecule has 0 aliphatic rings. The highest BCUT2D eigenvalue weighted by Crippen LogP contribution is 2.18. The van der Waals surface area contributed by atoms with Gasteiger partial charge in [0.05, 0.1) is 12.3 Å². The molecule has 6 heteroatoms. The summed E-state index contributed by atoms with van der Waals surface area (Å²) in [4.78, 5) is 23.4. The highest BCUT2D eigenvalue weighted by molar-refractivity contribution is 6.05. The van der Waals surface area contributed by atoms with E-state index in [-0.39, 0.29) is 11.3 Å². The minimum atomic E-state index is -0.597. The summed E-state index contributed by atoms with van der Waals surface area (Å²) in [6.45, 7) is 4.25. The van der Waals surface area contributed by atoms with E-state index >= 15 is 0 Å². The summed E-state index contributed by atoms with van der Waals surface area (Å²) in [5.41, 5.74) is 1.77. The van der Waals surface area contributed by atoms with E-state index < -0.39 is 17.6 Å². The maximum Gasteiger partial charge on any atom is 0.255 e. The monoisotopic (exact) mass is 330 g/mol. The zero-order valence-electron chi connectivity index (χ0n) is 13.6. The molecule has 0 spiro atoms. The lowest BCUT2D eigenvalue weighted by Crippen LogP contribution is -2.14. The Balaban J connectivity index is 2.13. The summed E-state index contributed by atoms with van der Waals surface area (Å²) in [5, 5.41) is 5.10. The minimum Gasteiger partial charge on any atom is -0.377 e. The van der Waals surface area contributed by atoms with Gasteiger partial charge >= 0.3 is 0 Å². The molecule has 126 valence electrons. The van der Waals surface area contributed by atoms with Gasteiger partial charge in [0, 0.05) is 24.8 Å². The van der Waals surface area contributed by atoms with E-state index in [0.717, 1.165) is 11.6 Å². The Labute approximate surface area is 139 Å². The van der Waals surface area contributed by atoms with Crippen LogP contribution in [0.25, 0.3) is 0 Å². The van der Waals surface area contributed by atoms with Gasteiger partial charge in [-0.05, 0) is 42.8 Å². The van der Waals surface area contributed by atoms with Crippen LogP contribution in [-0.2, 0) is 16.1 Å². The van der Waals surface area contributed by atoms with Crippen LogP contribution in [0.2, 0.25) is 0 Å². The fraction of sp³-hybridized carbons (Fsp3) is 0.222. The number of ether oxygens (including phenoxy) is 1. The van der Waals surface area contributed by atoms with Gasteiger partial charge in [-0.15, -0.1) is 0 Å². The molecule has 0 unspecified atom stereocenters. The summed E-state index contributed by atoms with van der Waals surface area (Å²) >= 11 is 0. The fourth-order valence-corrected chi connectivity index (χ4v) is 2.11. The maximum atomic E-state index is 13.6. The number of anilines is 2. The van der Waals surface area contributed by atoms with Gasteiger partial charge in [-0.25, -0.2) is 4.39 Å². The van der Waals surface area contributed by atoms with Crippen LogP contribution < -0.4 is 10.6 Å². The Morgan fingerprint density at radius 3 is 2.62 bits per heavy atom. The minimum absolute atomic E-state index is 0.0275. The molecule has 24 heavy (non-hydrogen) atoms. The van der Waals surface area contributed by atoms with Crippen molar-refractivity contribution in [3.05, 3.63) is 59.4 Å². The van der Waals surface area contributed by atoms with Crippen molar-refractivity contribution in [1.29, 1.82) is 0 Å². The lowest BCUT2D eigenvalue weighted by atomic mass is 10.1. The van der Waals surface area contributed by atoms with Crippen molar-refractivity contribution >= 4 is 23.2 Å². The molecule has 2 aromatic carbocycles. The van der Waals surface area contributed by atoms with Crippen LogP contribution in [0.1, 0.15) is 29.8 Å². The van der Waals surface area contributed by atoms with Crippen LogP contribution in [0.3, 0.4) is 0 Å². The lowest BCUT2D eigenvalue weighted by molar-refractivity contribution is -0.114. The second-order valence-corrected chi connectivity index (χ2v) is 5.17. The van der Waals surface area contributed by atoms with Gasteiger partial charge in [-0.1, -0.05) is 12.1 Å². The molecular formula is C18H19FN2O3. The number of nitrogens with one attached hydrogen (secondary N) is 2. The molecule has 2 N–H and O–H groups in total. The van der Waals surface area contributed by atoms with E-state index in [1.54, 1.807) is 6.07 Å². The summed E-state index contributed by atoms with van der Waals surface area (Å²) < 4.78 is 19.0. The molecule has 0 fully saturated rings. The first-order chi connectivity index (χ1) is 11.5. The van der Waals surface area contributed by atoms with Crippen molar-refractivity contribution in [3.8, 4) is 0 Å². The predicted octanol–water partition coefficient (Wildman–Crippen LogP) is 3.57. The molecule has 0 heterocycles. The Morgan fingerprint density at radius 1 is 1.12 bits per heavy atom. The molecule has 2 aromatic rings. The van der Waals surface area contributed by atoms with Crippen molar-refractivity contribution < 1.29 is 18.7 Å². The van der Waals surface area contributed by atoms with Gasteiger partial charge < -0.3 is 15.4 Å². The highest BCUT2D eigenvalue weighted by atomic mass is 19.1. The molecule has 0 radical (unpaired) electrons. The summed E-state index contributed by atoms with van der Waals surface area (Å²) in [7, 11) is 0. The molecule has 2 rings (SSSR count). The van der Waals surface area contributed by atoms with Gasteiger partial charge in [0.25, 0.3) is 5.91 Å². The van der Waals surface area contributed by atoms with E-state index in [2.05, 4.69) is 10.6 Å². The Hall–Kier alpha value is -2.73. The molecular weight excluding hydrogens is 311 g/mol. The van der Waals surface area contributed by atoms with Crippen LogP contribution in [0.15, 0.2) is 42.5 Å². The van der Waals surface area contributed by atoms with Crippen LogP contribution >= 0.6 is 0 Å². The number of amides is 2. The molecule has 5 nitrogen and oxygen atoms in total. The first-order valence-electron chi connectivity index (χ1n) is 7.54. The van der Waals surface area contributed by atoms with Crippen LogP contribution in [0.4, 0.5) is 15.8 Å². The number of benzene rings is 2. The molecule has 0 aliphatic carbocycles. The van der Waals surface area contributed by atoms with E-state index in [0.29, 0.717) is 18.9 Å². The van der Waals surface area contributed by atoms with E-state index in [9.17, 15) is 14.0 Å². The molecule has 0 aromatic heterocycles. The number of carbonyl (C=O) groups excluding carboxylic acids is 2. The van der Waals surface area contributed by atoms with Gasteiger partial charge in [0.15, 0.2) is 0 Å². The van der Waals surface area contributed by atoms with Crippen molar-refractivity contribution in [2.75, 3.05) is 17.2 Å². The third-order valence-electron chi connectivity index (χ3n) is 3.20. The second-order valence-electron chi connectivity index (χ2n) is 5.17. The first-order valence-corrected chi connectivity index (χ1v) is 7.54. The summed E-state index contributed by atoms with van der Waals surface area (Å²) in [6, 6.07) is 11.1. The summed E-state index contributed by atoms with van der Waals surface area (Å²) in [5.74, 6) is -1.40. The zero-order valence-corrected chi connectivity index (χ0v) is 13.6. The fourth-order valence-electron chi connectivity index (χ4n) is 2.11. The number of halogens is 1. The highest BCUT2D eigenvalue weighted by Gasteiger charge is 2.11. The van der Waals surface area contributed by atoms with E-state index in [1.807, 2.05) is 25.1 Å². The third-order valence-corrected chi connectivity index (χ3v) is 3.20. The maximum absolute atomic E-state index is 13.6. The average Bonchev–Trinajstić information content (AvgIpc) is 2.55. The molecule has 0 bridgehead atoms. The van der Waals surface area contributed by atoms with Crippen LogP contribution in [-0.4, -0.2) is 18.4 Å². The van der Waals surface area contributed by atoms with Gasteiger partial charge in [-0.2, -0.15) is 0 Å². The quantitative estimate of drug-likeness (QED) is 0.851. The van der Waals surface area contributed by atoms with E-state index in [1.165, 1.54) is 19.1 Å². The van der Waals surface area contributed by atoms with Crippen molar-refractivity contribution in [1.82, 2.24) is 0 Å².